The summed E-state index contributed by atoms with van der Waals surface area (Å²) in [6, 6.07) is 1.97. The molecule has 0 aliphatic carbocycles. The first-order valence-corrected chi connectivity index (χ1v) is 6.16. The van der Waals surface area contributed by atoms with Crippen LogP contribution >= 0.6 is 0 Å². The topological polar surface area (TPSA) is 169 Å². The molecule has 4 atom stereocenters. The van der Waals surface area contributed by atoms with Gasteiger partial charge in [0.05, 0.1) is 19.0 Å². The summed E-state index contributed by atoms with van der Waals surface area (Å²) >= 11 is 0. The lowest BCUT2D eigenvalue weighted by Crippen LogP contribution is -2.28. The molecule has 110 valence electrons. The summed E-state index contributed by atoms with van der Waals surface area (Å²) in [5.41, 5.74) is 11.9. The summed E-state index contributed by atoms with van der Waals surface area (Å²) in [6.07, 6.45) is -1.43. The van der Waals surface area contributed by atoms with Crippen molar-refractivity contribution in [2.24, 2.45) is 5.92 Å². The number of anilines is 2. The zero-order valence-electron chi connectivity index (χ0n) is 10.8. The molecule has 1 aliphatic heterocycles. The monoisotopic (exact) mass is 291 g/mol. The lowest BCUT2D eigenvalue weighted by atomic mass is 10.0. The molecule has 3 heterocycles. The molecular formula is C11H13N7O3. The van der Waals surface area contributed by atoms with Crippen molar-refractivity contribution in [2.45, 2.75) is 18.4 Å². The number of aromatic nitrogens is 4. The number of nitrogens with zero attached hydrogens (tertiary/aromatic N) is 5. The van der Waals surface area contributed by atoms with Crippen molar-refractivity contribution < 1.29 is 14.9 Å². The number of rotatable bonds is 2. The van der Waals surface area contributed by atoms with E-state index in [0.717, 1.165) is 0 Å². The van der Waals surface area contributed by atoms with Crippen molar-refractivity contribution in [1.82, 2.24) is 19.5 Å². The van der Waals surface area contributed by atoms with Crippen LogP contribution in [0.5, 0.6) is 0 Å². The SMILES string of the molecule is N#C[C@H]1[C@H](O)[C@@H](CO)O[C@H]1n1cnc2c(N)nc(N)nc21. The van der Waals surface area contributed by atoms with Gasteiger partial charge in [-0.15, -0.1) is 0 Å². The minimum absolute atomic E-state index is 0.0347. The first-order valence-electron chi connectivity index (χ1n) is 6.16. The molecule has 0 unspecified atom stereocenters. The Labute approximate surface area is 118 Å². The number of aliphatic hydroxyl groups excluding tert-OH is 2. The van der Waals surface area contributed by atoms with E-state index in [1.807, 2.05) is 6.07 Å². The van der Waals surface area contributed by atoms with Crippen LogP contribution < -0.4 is 11.5 Å². The summed E-state index contributed by atoms with van der Waals surface area (Å²) in [6.45, 7) is -0.401. The van der Waals surface area contributed by atoms with Gasteiger partial charge in [0.2, 0.25) is 5.95 Å². The van der Waals surface area contributed by atoms with Gasteiger partial charge in [-0.2, -0.15) is 15.2 Å². The van der Waals surface area contributed by atoms with E-state index in [9.17, 15) is 15.5 Å². The van der Waals surface area contributed by atoms with E-state index in [0.29, 0.717) is 11.2 Å². The van der Waals surface area contributed by atoms with Crippen molar-refractivity contribution >= 4 is 22.9 Å². The van der Waals surface area contributed by atoms with Gasteiger partial charge in [0, 0.05) is 0 Å². The molecule has 0 saturated carbocycles. The van der Waals surface area contributed by atoms with Gasteiger partial charge < -0.3 is 26.4 Å². The number of aliphatic hydroxyl groups is 2. The van der Waals surface area contributed by atoms with Gasteiger partial charge in [-0.3, -0.25) is 4.57 Å². The molecule has 1 aliphatic rings. The van der Waals surface area contributed by atoms with Crippen molar-refractivity contribution in [3.05, 3.63) is 6.33 Å². The lowest BCUT2D eigenvalue weighted by Gasteiger charge is -2.15. The largest absolute Gasteiger partial charge is 0.394 e. The second-order valence-corrected chi connectivity index (χ2v) is 4.68. The zero-order valence-corrected chi connectivity index (χ0v) is 10.8. The van der Waals surface area contributed by atoms with Crippen LogP contribution in [0.3, 0.4) is 0 Å². The molecule has 6 N–H and O–H groups in total. The maximum Gasteiger partial charge on any atom is 0.224 e. The number of hydrogen-bond acceptors (Lipinski definition) is 9. The summed E-state index contributed by atoms with van der Waals surface area (Å²) in [7, 11) is 0. The maximum atomic E-state index is 9.98. The number of fused-ring (bicyclic) bond motifs is 1. The molecule has 0 bridgehead atoms. The molecule has 21 heavy (non-hydrogen) atoms. The molecular weight excluding hydrogens is 278 g/mol. The molecule has 2 aromatic heterocycles. The number of nitrogens with two attached hydrogens (primary N) is 2. The molecule has 2 aromatic rings. The molecule has 0 amide bonds. The van der Waals surface area contributed by atoms with Crippen LogP contribution in [0.15, 0.2) is 6.33 Å². The molecule has 1 fully saturated rings. The van der Waals surface area contributed by atoms with E-state index < -0.39 is 31.0 Å². The van der Waals surface area contributed by atoms with E-state index in [1.165, 1.54) is 10.9 Å². The van der Waals surface area contributed by atoms with Crippen molar-refractivity contribution in [3.63, 3.8) is 0 Å². The smallest absolute Gasteiger partial charge is 0.224 e. The predicted octanol–water partition coefficient (Wildman–Crippen LogP) is -1.62. The van der Waals surface area contributed by atoms with Gasteiger partial charge in [-0.25, -0.2) is 4.98 Å². The Bertz CT molecular complexity index is 724. The van der Waals surface area contributed by atoms with Gasteiger partial charge in [0.15, 0.2) is 17.7 Å². The fourth-order valence-corrected chi connectivity index (χ4v) is 2.42. The van der Waals surface area contributed by atoms with Gasteiger partial charge in [0.1, 0.15) is 23.6 Å². The highest BCUT2D eigenvalue weighted by atomic mass is 16.5. The second-order valence-electron chi connectivity index (χ2n) is 4.68. The van der Waals surface area contributed by atoms with Gasteiger partial charge in [0.25, 0.3) is 0 Å². The Kier molecular flexibility index (Phi) is 3.09. The van der Waals surface area contributed by atoms with Crippen LogP contribution in [0.2, 0.25) is 0 Å². The molecule has 0 spiro atoms. The van der Waals surface area contributed by atoms with Crippen molar-refractivity contribution in [3.8, 4) is 6.07 Å². The minimum atomic E-state index is -1.11. The number of nitriles is 1. The highest BCUT2D eigenvalue weighted by Gasteiger charge is 2.45. The standard InChI is InChI=1S/C11H13N7O3/c12-1-4-7(20)5(2-19)21-10(4)18-3-15-6-8(13)16-11(14)17-9(6)18/h3-5,7,10,19-20H,2H2,(H4,13,14,16,17)/t4-,5+,7-,10+/m0/s1. The van der Waals surface area contributed by atoms with E-state index in [4.69, 9.17) is 16.2 Å². The predicted molar refractivity (Wildman–Crippen MR) is 70.3 cm³/mol. The third kappa shape index (κ3) is 1.95. The van der Waals surface area contributed by atoms with Crippen LogP contribution in [-0.2, 0) is 4.74 Å². The van der Waals surface area contributed by atoms with Gasteiger partial charge in [-0.05, 0) is 0 Å². The summed E-state index contributed by atoms with van der Waals surface area (Å²) in [5, 5.41) is 28.4. The number of nitrogen functional groups attached to an aromatic ring is 2. The van der Waals surface area contributed by atoms with E-state index in [-0.39, 0.29) is 11.8 Å². The zero-order chi connectivity index (χ0) is 15.1. The molecule has 10 heteroatoms. The Balaban J connectivity index is 2.10. The minimum Gasteiger partial charge on any atom is -0.394 e. The normalized spacial score (nSPS) is 28.8. The molecule has 10 nitrogen and oxygen atoms in total. The fourth-order valence-electron chi connectivity index (χ4n) is 2.42. The Morgan fingerprint density at radius 2 is 2.19 bits per heavy atom. The van der Waals surface area contributed by atoms with Gasteiger partial charge >= 0.3 is 0 Å². The van der Waals surface area contributed by atoms with Crippen molar-refractivity contribution in [1.29, 1.82) is 5.26 Å². The first kappa shape index (κ1) is 13.5. The Hall–Kier alpha value is -2.48. The van der Waals surface area contributed by atoms with Crippen LogP contribution in [-0.4, -0.2) is 48.5 Å². The molecule has 0 radical (unpaired) electrons. The number of hydrogen-bond donors (Lipinski definition) is 4. The van der Waals surface area contributed by atoms with Crippen LogP contribution in [0.25, 0.3) is 11.2 Å². The molecule has 0 aromatic carbocycles. The summed E-state index contributed by atoms with van der Waals surface area (Å²) in [5.74, 6) is -0.800. The Morgan fingerprint density at radius 1 is 1.43 bits per heavy atom. The number of imidazole rings is 1. The maximum absolute atomic E-state index is 9.98. The van der Waals surface area contributed by atoms with Crippen LogP contribution in [0, 0.1) is 17.2 Å². The lowest BCUT2D eigenvalue weighted by molar-refractivity contribution is -0.0441. The quantitative estimate of drug-likeness (QED) is 0.507. The first-order chi connectivity index (χ1) is 10.1. The van der Waals surface area contributed by atoms with E-state index in [1.54, 1.807) is 0 Å². The van der Waals surface area contributed by atoms with Crippen molar-refractivity contribution in [2.75, 3.05) is 18.1 Å². The summed E-state index contributed by atoms with van der Waals surface area (Å²) in [4.78, 5) is 11.9. The van der Waals surface area contributed by atoms with Crippen LogP contribution in [0.1, 0.15) is 6.23 Å². The Morgan fingerprint density at radius 3 is 2.86 bits per heavy atom. The number of ether oxygens (including phenoxy) is 1. The van der Waals surface area contributed by atoms with Gasteiger partial charge in [-0.1, -0.05) is 0 Å². The summed E-state index contributed by atoms with van der Waals surface area (Å²) < 4.78 is 6.97. The fraction of sp³-hybridized carbons (Fsp3) is 0.455. The average Bonchev–Trinajstić information content (AvgIpc) is 2.99. The van der Waals surface area contributed by atoms with E-state index in [2.05, 4.69) is 15.0 Å². The van der Waals surface area contributed by atoms with Crippen LogP contribution in [0.4, 0.5) is 11.8 Å². The molecule has 3 rings (SSSR count). The third-order valence-corrected chi connectivity index (χ3v) is 3.44. The average molecular weight is 291 g/mol. The highest BCUT2D eigenvalue weighted by Crippen LogP contribution is 2.36. The second kappa shape index (κ2) is 4.81. The third-order valence-electron chi connectivity index (χ3n) is 3.44. The van der Waals surface area contributed by atoms with E-state index >= 15 is 0 Å². The highest BCUT2D eigenvalue weighted by molar-refractivity contribution is 5.82. The molecule has 1 saturated heterocycles.